The predicted octanol–water partition coefficient (Wildman–Crippen LogP) is 6.50. The molecule has 2 nitrogen and oxygen atoms in total. The third-order valence-electron chi connectivity index (χ3n) is 2.00. The maximum atomic E-state index is 9.68. The molecular weight excluding hydrogens is 462 g/mol. The zero-order valence-electron chi connectivity index (χ0n) is 16.1. The summed E-state index contributed by atoms with van der Waals surface area (Å²) >= 11 is 0. The van der Waals surface area contributed by atoms with Crippen LogP contribution in [0.5, 0.6) is 0 Å². The van der Waals surface area contributed by atoms with E-state index in [2.05, 4.69) is 6.92 Å². The quantitative estimate of drug-likeness (QED) is 0.244. The molecule has 146 valence electrons. The van der Waals surface area contributed by atoms with Gasteiger partial charge in [-0.2, -0.15) is 6.08 Å². The molecule has 4 heteroatoms. The molecule has 0 saturated heterocycles. The van der Waals surface area contributed by atoms with Gasteiger partial charge in [-0.15, -0.1) is 12.2 Å². The molecule has 0 heterocycles. The van der Waals surface area contributed by atoms with Gasteiger partial charge in [0.05, 0.1) is 0 Å². The van der Waals surface area contributed by atoms with Crippen LogP contribution in [0.4, 0.5) is 0 Å². The van der Waals surface area contributed by atoms with Crippen LogP contribution >= 0.6 is 0 Å². The monoisotopic (exact) mass is 502 g/mol. The predicted molar refractivity (Wildman–Crippen MR) is 108 cm³/mol. The van der Waals surface area contributed by atoms with Gasteiger partial charge in [0.2, 0.25) is 0 Å². The fourth-order valence-electron chi connectivity index (χ4n) is 0.565. The van der Waals surface area contributed by atoms with Crippen LogP contribution < -0.4 is 0 Å². The zero-order valence-corrected chi connectivity index (χ0v) is 21.8. The molecule has 0 fully saturated rings. The Kier molecular flexibility index (Phi) is 88.5. The zero-order chi connectivity index (χ0) is 17.8. The van der Waals surface area contributed by atoms with E-state index in [-0.39, 0.29) is 80.3 Å². The summed E-state index contributed by atoms with van der Waals surface area (Å²) in [5, 5.41) is 0. The molecule has 0 aromatic carbocycles. The van der Waals surface area contributed by atoms with Crippen LogP contribution in [-0.4, -0.2) is 12.6 Å². The Morgan fingerprint density at radius 3 is 1.40 bits per heavy atom. The summed E-state index contributed by atoms with van der Waals surface area (Å²) in [7, 11) is 0. The fraction of sp³-hybridized carbons (Fsp3) is 0.571. The second kappa shape index (κ2) is 44.3. The summed E-state index contributed by atoms with van der Waals surface area (Å²) in [6, 6.07) is 0. The van der Waals surface area contributed by atoms with E-state index in [1.807, 2.05) is 55.4 Å². The van der Waals surface area contributed by atoms with Gasteiger partial charge in [0.25, 0.3) is 0 Å². The van der Waals surface area contributed by atoms with Crippen molar-refractivity contribution >= 4 is 12.6 Å². The summed E-state index contributed by atoms with van der Waals surface area (Å²) in [5.74, 6) is 0.658. The van der Waals surface area contributed by atoms with Crippen LogP contribution in [0.2, 0.25) is 0 Å². The summed E-state index contributed by atoms with van der Waals surface area (Å²) in [4.78, 5) is 19.3. The van der Waals surface area contributed by atoms with Crippen LogP contribution in [0.1, 0.15) is 70.2 Å². The summed E-state index contributed by atoms with van der Waals surface area (Å²) < 4.78 is 0. The minimum Gasteiger partial charge on any atom is -0.440 e. The maximum Gasteiger partial charge on any atom is 0 e. The maximum absolute atomic E-state index is 9.68. The first kappa shape index (κ1) is 50.0. The van der Waals surface area contributed by atoms with Gasteiger partial charge >= 0.3 is 0 Å². The molecule has 0 aliphatic heterocycles. The van der Waals surface area contributed by atoms with E-state index >= 15 is 0 Å². The Bertz CT molecular complexity index is 305. The van der Waals surface area contributed by atoms with Crippen LogP contribution in [-0.2, 0) is 75.0 Å². The molecule has 0 bridgehead atoms. The van der Waals surface area contributed by atoms with E-state index in [9.17, 15) is 9.59 Å². The van der Waals surface area contributed by atoms with Gasteiger partial charge in [-0.1, -0.05) is 76.2 Å². The Balaban J connectivity index is -0.0000000283. The molecule has 0 aromatic rings. The molecule has 0 aromatic heterocycles. The second-order valence-corrected chi connectivity index (χ2v) is 4.10. The molecule has 0 saturated carbocycles. The van der Waals surface area contributed by atoms with Gasteiger partial charge < -0.3 is 28.2 Å². The third kappa shape index (κ3) is 51.6. The smallest absolute Gasteiger partial charge is 0 e. The van der Waals surface area contributed by atoms with Crippen LogP contribution in [0.25, 0.3) is 0 Å². The Labute approximate surface area is 210 Å². The number of allylic oxidation sites excluding steroid dienone is 5. The van der Waals surface area contributed by atoms with E-state index in [0.717, 1.165) is 5.57 Å². The molecular formula is C21H40O2Y2-4. The van der Waals surface area contributed by atoms with Crippen LogP contribution in [0, 0.1) is 25.3 Å². The summed E-state index contributed by atoms with van der Waals surface area (Å²) in [5.41, 5.74) is 1.54. The van der Waals surface area contributed by atoms with Crippen molar-refractivity contribution in [2.45, 2.75) is 70.2 Å². The Morgan fingerprint density at radius 1 is 0.880 bits per heavy atom. The van der Waals surface area contributed by atoms with Gasteiger partial charge in [-0.3, -0.25) is 6.58 Å². The first-order chi connectivity index (χ1) is 9.86. The number of hydrogen-bond acceptors (Lipinski definition) is 2. The van der Waals surface area contributed by atoms with Gasteiger partial charge in [-0.25, -0.2) is 11.6 Å². The number of rotatable bonds is 5. The minimum absolute atomic E-state index is 0. The van der Waals surface area contributed by atoms with Gasteiger partial charge in [0.15, 0.2) is 0 Å². The van der Waals surface area contributed by atoms with E-state index in [0.29, 0.717) is 17.4 Å². The standard InChI is InChI=1S/C8H10O.C7H10O.2C2H6.2CH4.2Y/c1-7(2)8(3)5-4-6-9;1-6(2)7(3)4-5-8;2*1-2;;;;/h3-5,7H,1-2H3;4,6H,3H2,1-2H3;2*1-2H3;2*1H4;;/q2*-2;;;;;;. The first-order valence-electron chi connectivity index (χ1n) is 7.43. The first-order valence-corrected chi connectivity index (χ1v) is 7.43. The van der Waals surface area contributed by atoms with Crippen molar-refractivity contribution in [1.82, 2.24) is 0 Å². The van der Waals surface area contributed by atoms with Crippen LogP contribution in [0.15, 0.2) is 29.4 Å². The van der Waals surface area contributed by atoms with Crippen molar-refractivity contribution in [3.63, 3.8) is 0 Å². The molecule has 0 aliphatic carbocycles. The van der Waals surface area contributed by atoms with Crippen molar-refractivity contribution in [3.05, 3.63) is 42.9 Å². The average Bonchev–Trinajstić information content (AvgIpc) is 2.49. The Morgan fingerprint density at radius 2 is 1.24 bits per heavy atom. The van der Waals surface area contributed by atoms with Gasteiger partial charge in [-0.05, 0) is 6.29 Å². The van der Waals surface area contributed by atoms with E-state index < -0.39 is 0 Å². The summed E-state index contributed by atoms with van der Waals surface area (Å²) in [6.07, 6.45) is 7.50. The number of carbonyl (C=O) groups excluding carboxylic acids is 2. The van der Waals surface area contributed by atoms with Crippen molar-refractivity contribution in [2.24, 2.45) is 11.8 Å². The molecule has 2 radical (unpaired) electrons. The largest absolute Gasteiger partial charge is 0.440 e. The second-order valence-electron chi connectivity index (χ2n) is 4.10. The fourth-order valence-corrected chi connectivity index (χ4v) is 0.565. The van der Waals surface area contributed by atoms with Crippen molar-refractivity contribution in [1.29, 1.82) is 0 Å². The Hall–Kier alpha value is 0.638. The average molecular weight is 502 g/mol. The van der Waals surface area contributed by atoms with Gasteiger partial charge in [0.1, 0.15) is 0 Å². The van der Waals surface area contributed by atoms with Crippen molar-refractivity contribution in [2.75, 3.05) is 0 Å². The topological polar surface area (TPSA) is 34.1 Å². The third-order valence-corrected chi connectivity index (χ3v) is 2.00. The minimum atomic E-state index is 0. The molecule has 0 rings (SSSR count). The van der Waals surface area contributed by atoms with Gasteiger partial charge in [0, 0.05) is 65.4 Å². The number of hydrogen-bond donors (Lipinski definition) is 0. The van der Waals surface area contributed by atoms with E-state index in [1.165, 1.54) is 12.2 Å². The van der Waals surface area contributed by atoms with Crippen molar-refractivity contribution in [3.8, 4) is 0 Å². The van der Waals surface area contributed by atoms with E-state index in [1.54, 1.807) is 18.6 Å². The molecule has 0 N–H and O–H groups in total. The molecule has 0 amide bonds. The van der Waals surface area contributed by atoms with Crippen molar-refractivity contribution < 1.29 is 75.0 Å². The normalized spacial score (nSPS) is 8.16. The van der Waals surface area contributed by atoms with E-state index in [4.69, 9.17) is 6.58 Å². The van der Waals surface area contributed by atoms with Crippen LogP contribution in [0.3, 0.4) is 0 Å². The molecule has 0 spiro atoms. The molecule has 0 aliphatic rings. The molecule has 25 heavy (non-hydrogen) atoms. The molecule has 0 atom stereocenters. The SMILES string of the molecule is C.C.CC.CC.[CH-]=C(C=C[C-]=O)C(C)C.[CH2-]C(=C[C-]=O)C(C)C.[Y].[Y]. The summed E-state index contributed by atoms with van der Waals surface area (Å²) in [6.45, 7) is 25.0. The molecule has 0 unspecified atom stereocenters.